The molecule has 0 radical (unpaired) electrons. The Bertz CT molecular complexity index is 5600. The van der Waals surface area contributed by atoms with E-state index in [-0.39, 0.29) is 0 Å². The molecule has 18 aromatic rings. The van der Waals surface area contributed by atoms with Crippen molar-refractivity contribution in [2.75, 3.05) is 64.0 Å². The standard InChI is InChI=1S/C14H16O.4C13H15NO.4C12H14N2O/c1-10(2)12-8-11-6-4-5-7-13(11)14(9-12)15-3;1-9(2)10-6-11-8-14-5-4-12(11)13(7-10)15-3;1-9(2)11-6-10-4-5-14-8-12(10)13(7-11)15-3;1-9(2)10-7-12-11(5-4-6-14-12)13(8-10)15-3;1-9(2)12-8-13(15-3)10-6-4-5-7-11(10)14-12;1-8(2)9-4-10-6-13-14-7-11(10)12(5-9)15-3;1-8(2)9-4-10-6-13-7-14-12(10)11(5-9)15-3;1-8(2)11-6-12(15-3)9-7-13-5-4-10(9)14-11;1-8(2)10-6-12(15-3)9-4-5-13-7-11(9)14-10/h4-10H,1-3H3;4*4-9H,1-3H3;4*4-8H,1-3H3. The highest BCUT2D eigenvalue weighted by Gasteiger charge is 2.17. The number of nitrogens with zero attached hydrogens (tertiary/aromatic N) is 12. The fourth-order valence-corrected chi connectivity index (χ4v) is 14.7. The molecule has 0 atom stereocenters. The molecule has 0 unspecified atom stereocenters. The maximum atomic E-state index is 5.42. The largest absolute Gasteiger partial charge is 0.496 e. The lowest BCUT2D eigenvalue weighted by molar-refractivity contribution is 0.418. The summed E-state index contributed by atoms with van der Waals surface area (Å²) in [5.74, 6) is 12.2. The first-order valence-electron chi connectivity index (χ1n) is 45.9. The third kappa shape index (κ3) is 27.2. The summed E-state index contributed by atoms with van der Waals surface area (Å²) in [5, 5.41) is 21.9. The van der Waals surface area contributed by atoms with Gasteiger partial charge in [0, 0.05) is 145 Å². The molecule has 21 heteroatoms. The van der Waals surface area contributed by atoms with Crippen LogP contribution < -0.4 is 42.6 Å². The maximum absolute atomic E-state index is 5.42. The normalized spacial score (nSPS) is 10.9. The van der Waals surface area contributed by atoms with Gasteiger partial charge < -0.3 is 42.6 Å². The van der Waals surface area contributed by atoms with E-state index in [1.807, 2.05) is 122 Å². The molecule has 0 aliphatic heterocycles. The molecule has 8 aromatic carbocycles. The van der Waals surface area contributed by atoms with Gasteiger partial charge in [0.15, 0.2) is 0 Å². The van der Waals surface area contributed by atoms with Gasteiger partial charge in [-0.25, -0.2) is 9.97 Å². The third-order valence-electron chi connectivity index (χ3n) is 22.9. The SMILES string of the molecule is COc1cc(C(C)C)cc2ccccc12.COc1cc(C(C)C)cc2ccncc12.COc1cc(C(C)C)cc2cnccc12.COc1cc(C(C)C)cc2cncnc12.COc1cc(C(C)C)cc2cnncc12.COc1cc(C(C)C)cc2ncccc12.COc1cc(C(C)C)nc2ccccc12.COc1cc(C(C)C)nc2ccncc12.COc1cc(C(C)C)nc2cnccc12. The van der Waals surface area contributed by atoms with Crippen LogP contribution in [0.5, 0.6) is 51.7 Å². The first-order chi connectivity index (χ1) is 65.0. The third-order valence-corrected chi connectivity index (χ3v) is 22.9. The van der Waals surface area contributed by atoms with Crippen molar-refractivity contribution in [3.63, 3.8) is 0 Å². The van der Waals surface area contributed by atoms with E-state index in [4.69, 9.17) is 42.6 Å². The van der Waals surface area contributed by atoms with Gasteiger partial charge in [0.1, 0.15) is 63.6 Å². The number of para-hydroxylation sites is 1. The Kier molecular flexibility index (Phi) is 38.0. The second kappa shape index (κ2) is 49.9. The monoisotopic (exact) mass is 1810 g/mol. The van der Waals surface area contributed by atoms with Gasteiger partial charge in [-0.1, -0.05) is 173 Å². The van der Waals surface area contributed by atoms with Crippen molar-refractivity contribution in [3.8, 4) is 51.7 Å². The van der Waals surface area contributed by atoms with E-state index in [0.717, 1.165) is 150 Å². The van der Waals surface area contributed by atoms with Gasteiger partial charge in [0.05, 0.1) is 110 Å². The van der Waals surface area contributed by atoms with Crippen molar-refractivity contribution in [2.45, 2.75) is 178 Å². The number of ether oxygens (including phenoxy) is 9. The van der Waals surface area contributed by atoms with Gasteiger partial charge in [-0.05, 0) is 207 Å². The van der Waals surface area contributed by atoms with Gasteiger partial charge in [-0.15, -0.1) is 0 Å². The Balaban J connectivity index is 0.000000157. The summed E-state index contributed by atoms with van der Waals surface area (Å²) in [5.41, 5.74) is 15.5. The molecule has 18 rings (SSSR count). The summed E-state index contributed by atoms with van der Waals surface area (Å²) in [6, 6.07) is 59.7. The predicted molar refractivity (Wildman–Crippen MR) is 555 cm³/mol. The van der Waals surface area contributed by atoms with E-state index in [1.54, 1.807) is 114 Å². The van der Waals surface area contributed by atoms with Crippen molar-refractivity contribution in [2.24, 2.45) is 0 Å². The molecule has 0 N–H and O–H groups in total. The Labute approximate surface area is 796 Å². The molecule has 135 heavy (non-hydrogen) atoms. The zero-order valence-electron chi connectivity index (χ0n) is 83.5. The van der Waals surface area contributed by atoms with Crippen LogP contribution in [0.15, 0.2) is 257 Å². The van der Waals surface area contributed by atoms with Crippen LogP contribution in [0.25, 0.3) is 97.6 Å². The average molecular weight is 1810 g/mol. The molecular formula is C114H132N12O9. The minimum Gasteiger partial charge on any atom is -0.496 e. The number of hydrogen-bond donors (Lipinski definition) is 0. The van der Waals surface area contributed by atoms with Crippen LogP contribution in [0, 0.1) is 0 Å². The molecule has 0 fully saturated rings. The molecule has 0 aliphatic rings. The van der Waals surface area contributed by atoms with E-state index in [1.165, 1.54) is 49.5 Å². The highest BCUT2D eigenvalue weighted by Crippen LogP contribution is 2.38. The topological polar surface area (TPSA) is 238 Å². The number of hydrogen-bond acceptors (Lipinski definition) is 21. The van der Waals surface area contributed by atoms with E-state index < -0.39 is 0 Å². The Morgan fingerprint density at radius 2 is 0.526 bits per heavy atom. The maximum Gasteiger partial charge on any atom is 0.145 e. The Hall–Kier alpha value is -14.3. The molecular weight excluding hydrogens is 1680 g/mol. The summed E-state index contributed by atoms with van der Waals surface area (Å²) >= 11 is 0. The smallest absolute Gasteiger partial charge is 0.145 e. The number of pyridine rings is 8. The number of aromatic nitrogens is 12. The first-order valence-corrected chi connectivity index (χ1v) is 45.9. The quantitative estimate of drug-likeness (QED) is 0.0776. The molecule has 0 aliphatic carbocycles. The summed E-state index contributed by atoms with van der Waals surface area (Å²) in [6.07, 6.45) is 23.0. The Morgan fingerprint density at radius 1 is 0.200 bits per heavy atom. The minimum atomic E-state index is 0.392. The molecule has 0 spiro atoms. The summed E-state index contributed by atoms with van der Waals surface area (Å²) in [6.45, 7) is 38.8. The van der Waals surface area contributed by atoms with E-state index in [2.05, 4.69) is 270 Å². The van der Waals surface area contributed by atoms with Crippen LogP contribution in [0.2, 0.25) is 0 Å². The molecule has 702 valence electrons. The van der Waals surface area contributed by atoms with Crippen molar-refractivity contribution in [1.29, 1.82) is 0 Å². The summed E-state index contributed by atoms with van der Waals surface area (Å²) in [7, 11) is 15.2. The first kappa shape index (κ1) is 103. The second-order valence-corrected chi connectivity index (χ2v) is 35.2. The van der Waals surface area contributed by atoms with E-state index in [0.29, 0.717) is 53.3 Å². The molecule has 0 amide bonds. The summed E-state index contributed by atoms with van der Waals surface area (Å²) < 4.78 is 48.3. The van der Waals surface area contributed by atoms with Gasteiger partial charge in [0.25, 0.3) is 0 Å². The van der Waals surface area contributed by atoms with E-state index in [9.17, 15) is 0 Å². The fourth-order valence-electron chi connectivity index (χ4n) is 14.7. The van der Waals surface area contributed by atoms with Crippen LogP contribution in [-0.2, 0) is 0 Å². The van der Waals surface area contributed by atoms with Gasteiger partial charge in [0.2, 0.25) is 0 Å². The van der Waals surface area contributed by atoms with Gasteiger partial charge in [-0.2, -0.15) is 10.2 Å². The number of fused-ring (bicyclic) bond motifs is 9. The number of benzene rings is 8. The zero-order chi connectivity index (χ0) is 97.5. The number of rotatable bonds is 18. The Morgan fingerprint density at radius 3 is 1.04 bits per heavy atom. The van der Waals surface area contributed by atoms with Crippen molar-refractivity contribution in [1.82, 2.24) is 60.0 Å². The number of methoxy groups -OCH3 is 9. The van der Waals surface area contributed by atoms with Crippen LogP contribution in [0.4, 0.5) is 0 Å². The zero-order valence-corrected chi connectivity index (χ0v) is 83.5. The molecule has 21 nitrogen and oxygen atoms in total. The lowest BCUT2D eigenvalue weighted by Crippen LogP contribution is -1.96. The molecule has 10 heterocycles. The second-order valence-electron chi connectivity index (χ2n) is 35.2. The van der Waals surface area contributed by atoms with Crippen LogP contribution in [0.3, 0.4) is 0 Å². The minimum absolute atomic E-state index is 0.392. The molecule has 0 saturated carbocycles. The van der Waals surface area contributed by atoms with Crippen LogP contribution in [-0.4, -0.2) is 124 Å². The van der Waals surface area contributed by atoms with Crippen molar-refractivity contribution in [3.05, 3.63) is 307 Å². The van der Waals surface area contributed by atoms with Gasteiger partial charge >= 0.3 is 0 Å². The fraction of sp³-hybridized carbons (Fsp3) is 0.316. The van der Waals surface area contributed by atoms with Crippen molar-refractivity contribution < 1.29 is 42.6 Å². The lowest BCUT2D eigenvalue weighted by atomic mass is 9.98. The van der Waals surface area contributed by atoms with Crippen molar-refractivity contribution >= 4 is 97.6 Å². The van der Waals surface area contributed by atoms with Gasteiger partial charge in [-0.3, -0.25) is 39.9 Å². The lowest BCUT2D eigenvalue weighted by Gasteiger charge is -2.11. The molecule has 0 saturated heterocycles. The summed E-state index contributed by atoms with van der Waals surface area (Å²) in [4.78, 5) is 42.7. The molecule has 10 aromatic heterocycles. The highest BCUT2D eigenvalue weighted by molar-refractivity contribution is 5.93. The van der Waals surface area contributed by atoms with Crippen LogP contribution >= 0.6 is 0 Å². The average Bonchev–Trinajstić information content (AvgIpc) is 0.864. The molecule has 0 bridgehead atoms. The predicted octanol–water partition coefficient (Wildman–Crippen LogP) is 28.5. The highest BCUT2D eigenvalue weighted by atomic mass is 16.5. The van der Waals surface area contributed by atoms with Crippen LogP contribution in [0.1, 0.15) is 228 Å². The van der Waals surface area contributed by atoms with E-state index >= 15 is 0 Å².